The van der Waals surface area contributed by atoms with Gasteiger partial charge in [-0.05, 0) is 50.0 Å². The molecule has 1 aromatic carbocycles. The summed E-state index contributed by atoms with van der Waals surface area (Å²) < 4.78 is 18.5. The number of carbonyl (C=O) groups is 1. The van der Waals surface area contributed by atoms with Gasteiger partial charge in [-0.3, -0.25) is 9.69 Å². The Balaban J connectivity index is 1.91. The Morgan fingerprint density at radius 1 is 1.50 bits per heavy atom. The summed E-state index contributed by atoms with van der Waals surface area (Å²) in [7, 11) is 0. The monoisotopic (exact) mass is 424 g/mol. The maximum absolute atomic E-state index is 13.5. The number of benzene rings is 1. The summed E-state index contributed by atoms with van der Waals surface area (Å²) in [4.78, 5) is 20.5. The highest BCUT2D eigenvalue weighted by atomic mass is 79.9. The second-order valence-electron chi connectivity index (χ2n) is 4.86. The fraction of sp³-hybridized carbons (Fsp3) is 0.231. The average molecular weight is 425 g/mol. The first-order valence-electron chi connectivity index (χ1n) is 7.16. The van der Waals surface area contributed by atoms with E-state index in [9.17, 15) is 9.18 Å². The minimum absolute atomic E-state index is 0.146. The molecule has 0 radical (unpaired) electrons. The quantitative estimate of drug-likeness (QED) is 0.236. The van der Waals surface area contributed by atoms with Crippen LogP contribution in [0.2, 0.25) is 0 Å². The number of carbonyl (C=O) groups excluding carboxylic acids is 1. The molecule has 3 rings (SSSR count). The van der Waals surface area contributed by atoms with Crippen LogP contribution in [0.25, 0.3) is 10.4 Å². The maximum Gasteiger partial charge on any atom is 0.261 e. The summed E-state index contributed by atoms with van der Waals surface area (Å²) in [5, 5.41) is 17.6. The van der Waals surface area contributed by atoms with Crippen molar-refractivity contribution in [3.05, 3.63) is 44.6 Å². The Kier molecular flexibility index (Phi) is 5.29. The third-order valence-corrected chi connectivity index (χ3v) is 3.90. The van der Waals surface area contributed by atoms with Crippen molar-refractivity contribution in [2.24, 2.45) is 10.3 Å². The van der Waals surface area contributed by atoms with Crippen molar-refractivity contribution >= 4 is 39.6 Å². The zero-order chi connectivity index (χ0) is 18.5. The topological polar surface area (TPSA) is 142 Å². The van der Waals surface area contributed by atoms with E-state index in [4.69, 9.17) is 15.0 Å². The molecule has 0 amide bonds. The SMILES string of the molecule is [N-]=[N+]=NCCNc1nonc1C1=NOC(C=O)N1c1ccc(F)c(Br)c1. The molecule has 134 valence electrons. The fourth-order valence-electron chi connectivity index (χ4n) is 2.18. The van der Waals surface area contributed by atoms with Crippen LogP contribution < -0.4 is 10.2 Å². The highest BCUT2D eigenvalue weighted by molar-refractivity contribution is 9.10. The number of nitrogens with one attached hydrogen (secondary N) is 1. The van der Waals surface area contributed by atoms with Crippen LogP contribution >= 0.6 is 15.9 Å². The highest BCUT2D eigenvalue weighted by Crippen LogP contribution is 2.30. The van der Waals surface area contributed by atoms with E-state index in [0.29, 0.717) is 12.0 Å². The molecule has 26 heavy (non-hydrogen) atoms. The molecule has 0 saturated carbocycles. The molecule has 1 aliphatic rings. The van der Waals surface area contributed by atoms with Crippen LogP contribution in [-0.2, 0) is 9.63 Å². The lowest BCUT2D eigenvalue weighted by molar-refractivity contribution is -0.116. The molecule has 1 aromatic heterocycles. The molecule has 1 aliphatic heterocycles. The summed E-state index contributed by atoms with van der Waals surface area (Å²) in [5.74, 6) is -0.0927. The van der Waals surface area contributed by atoms with Crippen LogP contribution in [0.3, 0.4) is 0 Å². The molecule has 2 heterocycles. The highest BCUT2D eigenvalue weighted by Gasteiger charge is 2.36. The Morgan fingerprint density at radius 3 is 3.08 bits per heavy atom. The summed E-state index contributed by atoms with van der Waals surface area (Å²) in [6, 6.07) is 4.17. The Hall–Kier alpha value is -3.18. The Labute approximate surface area is 153 Å². The third-order valence-electron chi connectivity index (χ3n) is 3.30. The normalized spacial score (nSPS) is 15.8. The van der Waals surface area contributed by atoms with E-state index in [1.54, 1.807) is 0 Å². The fourth-order valence-corrected chi connectivity index (χ4v) is 2.55. The molecule has 0 aliphatic carbocycles. The lowest BCUT2D eigenvalue weighted by Gasteiger charge is -2.21. The lowest BCUT2D eigenvalue weighted by atomic mass is 10.2. The van der Waals surface area contributed by atoms with Gasteiger partial charge < -0.3 is 10.2 Å². The molecule has 0 bridgehead atoms. The molecule has 13 heteroatoms. The van der Waals surface area contributed by atoms with E-state index < -0.39 is 12.0 Å². The number of rotatable bonds is 7. The Morgan fingerprint density at radius 2 is 2.35 bits per heavy atom. The maximum atomic E-state index is 13.5. The van der Waals surface area contributed by atoms with E-state index in [1.165, 1.54) is 23.1 Å². The van der Waals surface area contributed by atoms with Gasteiger partial charge >= 0.3 is 0 Å². The van der Waals surface area contributed by atoms with Crippen LogP contribution in [0.5, 0.6) is 0 Å². The predicted octanol–water partition coefficient (Wildman–Crippen LogP) is 2.42. The minimum atomic E-state index is -1.06. The molecular formula is C13H10BrFN8O3. The number of hydrogen-bond donors (Lipinski definition) is 1. The number of azide groups is 1. The number of amidine groups is 1. The molecule has 1 N–H and O–H groups in total. The predicted molar refractivity (Wildman–Crippen MR) is 90.9 cm³/mol. The smallest absolute Gasteiger partial charge is 0.261 e. The number of hydrogen-bond acceptors (Lipinski definition) is 9. The molecular weight excluding hydrogens is 415 g/mol. The van der Waals surface area contributed by atoms with Gasteiger partial charge in [-0.25, -0.2) is 9.02 Å². The van der Waals surface area contributed by atoms with Crippen molar-refractivity contribution in [2.45, 2.75) is 6.23 Å². The summed E-state index contributed by atoms with van der Waals surface area (Å²) >= 11 is 3.10. The minimum Gasteiger partial charge on any atom is -0.365 e. The van der Waals surface area contributed by atoms with Crippen LogP contribution in [0, 0.1) is 5.82 Å². The largest absolute Gasteiger partial charge is 0.365 e. The lowest BCUT2D eigenvalue weighted by Crippen LogP contribution is -2.38. The van der Waals surface area contributed by atoms with Crippen LogP contribution in [0.4, 0.5) is 15.9 Å². The molecule has 11 nitrogen and oxygen atoms in total. The van der Waals surface area contributed by atoms with Crippen molar-refractivity contribution < 1.29 is 18.7 Å². The molecule has 1 atom stereocenters. The third kappa shape index (κ3) is 3.43. The van der Waals surface area contributed by atoms with Crippen LogP contribution in [0.1, 0.15) is 5.69 Å². The number of oxime groups is 1. The van der Waals surface area contributed by atoms with E-state index in [1.807, 2.05) is 0 Å². The first kappa shape index (κ1) is 17.6. The first-order chi connectivity index (χ1) is 12.7. The van der Waals surface area contributed by atoms with Gasteiger partial charge in [0.15, 0.2) is 12.0 Å². The molecule has 0 spiro atoms. The molecule has 0 fully saturated rings. The standard InChI is InChI=1S/C13H10BrFN8O3/c14-8-5-7(1-2-9(8)15)23-10(6-24)25-21-13(23)11-12(20-26-19-11)17-3-4-18-22-16/h1-2,5-6,10H,3-4H2,(H,17,20). The second kappa shape index (κ2) is 7.80. The van der Waals surface area contributed by atoms with Gasteiger partial charge in [0.1, 0.15) is 5.82 Å². The van der Waals surface area contributed by atoms with E-state index in [-0.39, 0.29) is 34.9 Å². The molecule has 0 saturated heterocycles. The van der Waals surface area contributed by atoms with Gasteiger partial charge in [0.05, 0.1) is 4.47 Å². The molecule has 2 aromatic rings. The zero-order valence-corrected chi connectivity index (χ0v) is 14.5. The van der Waals surface area contributed by atoms with Gasteiger partial charge in [-0.2, -0.15) is 0 Å². The van der Waals surface area contributed by atoms with E-state index in [2.05, 4.69) is 46.7 Å². The number of aldehydes is 1. The summed E-state index contributed by atoms with van der Waals surface area (Å²) in [6.45, 7) is 0.454. The van der Waals surface area contributed by atoms with E-state index >= 15 is 0 Å². The molecule has 1 unspecified atom stereocenters. The second-order valence-corrected chi connectivity index (χ2v) is 5.71. The van der Waals surface area contributed by atoms with Gasteiger partial charge in [-0.15, -0.1) is 0 Å². The van der Waals surface area contributed by atoms with Gasteiger partial charge in [0.25, 0.3) is 6.23 Å². The summed E-state index contributed by atoms with van der Waals surface area (Å²) in [5.41, 5.74) is 8.90. The van der Waals surface area contributed by atoms with Gasteiger partial charge in [0, 0.05) is 23.7 Å². The number of aromatic nitrogens is 2. The van der Waals surface area contributed by atoms with Crippen molar-refractivity contribution in [1.29, 1.82) is 0 Å². The first-order valence-corrected chi connectivity index (χ1v) is 7.96. The number of nitrogens with zero attached hydrogens (tertiary/aromatic N) is 7. The van der Waals surface area contributed by atoms with Crippen molar-refractivity contribution in [3.8, 4) is 0 Å². The van der Waals surface area contributed by atoms with Crippen molar-refractivity contribution in [2.75, 3.05) is 23.3 Å². The number of halogens is 2. The number of anilines is 2. The Bertz CT molecular complexity index is 897. The van der Waals surface area contributed by atoms with Crippen molar-refractivity contribution in [3.63, 3.8) is 0 Å². The van der Waals surface area contributed by atoms with Gasteiger partial charge in [-0.1, -0.05) is 10.3 Å². The van der Waals surface area contributed by atoms with Gasteiger partial charge in [0.2, 0.25) is 11.7 Å². The van der Waals surface area contributed by atoms with E-state index in [0.717, 1.165) is 0 Å². The van der Waals surface area contributed by atoms with Crippen LogP contribution in [0.15, 0.2) is 37.6 Å². The van der Waals surface area contributed by atoms with Crippen molar-refractivity contribution in [1.82, 2.24) is 10.3 Å². The summed E-state index contributed by atoms with van der Waals surface area (Å²) in [6.07, 6.45) is -0.522. The zero-order valence-electron chi connectivity index (χ0n) is 12.9. The van der Waals surface area contributed by atoms with Crippen LogP contribution in [-0.4, -0.2) is 41.8 Å². The average Bonchev–Trinajstić information content (AvgIpc) is 3.27.